The second kappa shape index (κ2) is 4.78. The zero-order valence-electron chi connectivity index (χ0n) is 11.2. The molecule has 0 spiro atoms. The molecule has 20 heavy (non-hydrogen) atoms. The second-order valence-corrected chi connectivity index (χ2v) is 4.73. The Morgan fingerprint density at radius 2 is 1.80 bits per heavy atom. The van der Waals surface area contributed by atoms with Crippen LogP contribution in [0.1, 0.15) is 12.5 Å². The first-order valence-electron chi connectivity index (χ1n) is 6.40. The minimum Gasteiger partial charge on any atom is -0.268 e. The molecule has 0 fully saturated rings. The molecule has 0 N–H and O–H groups in total. The third-order valence-electron chi connectivity index (χ3n) is 3.29. The summed E-state index contributed by atoms with van der Waals surface area (Å²) in [4.78, 5) is 16.9. The van der Waals surface area contributed by atoms with Crippen molar-refractivity contribution in [1.29, 1.82) is 0 Å². The molecule has 0 aliphatic rings. The monoisotopic (exact) mass is 262 g/mol. The molecule has 0 bridgehead atoms. The molecule has 2 aromatic carbocycles. The van der Waals surface area contributed by atoms with Crippen LogP contribution in [-0.2, 0) is 0 Å². The molecule has 3 aromatic rings. The largest absolute Gasteiger partial charge is 0.268 e. The van der Waals surface area contributed by atoms with Gasteiger partial charge >= 0.3 is 0 Å². The van der Waals surface area contributed by atoms with Crippen molar-refractivity contribution < 1.29 is 0 Å². The van der Waals surface area contributed by atoms with E-state index in [4.69, 9.17) is 0 Å². The number of hydrogen-bond donors (Lipinski definition) is 0. The molecule has 1 heterocycles. The van der Waals surface area contributed by atoms with E-state index in [1.165, 1.54) is 0 Å². The van der Waals surface area contributed by atoms with E-state index < -0.39 is 0 Å². The number of nitrogens with zero attached hydrogens (tertiary/aromatic N) is 2. The summed E-state index contributed by atoms with van der Waals surface area (Å²) in [5, 5.41) is 0.617. The number of benzene rings is 2. The average Bonchev–Trinajstić information content (AvgIpc) is 2.48. The molecule has 1 aromatic heterocycles. The Hall–Kier alpha value is -2.68. The van der Waals surface area contributed by atoms with Crippen LogP contribution < -0.4 is 5.56 Å². The first-order chi connectivity index (χ1) is 9.68. The summed E-state index contributed by atoms with van der Waals surface area (Å²) in [5.74, 6) is 0. The van der Waals surface area contributed by atoms with E-state index in [9.17, 15) is 4.79 Å². The maximum atomic E-state index is 12.6. The zero-order valence-corrected chi connectivity index (χ0v) is 11.2. The molecule has 0 radical (unpaired) electrons. The molecular formula is C17H14N2O. The van der Waals surface area contributed by atoms with E-state index in [1.807, 2.05) is 49.4 Å². The highest BCUT2D eigenvalue weighted by molar-refractivity contribution is 5.78. The summed E-state index contributed by atoms with van der Waals surface area (Å²) >= 11 is 0. The molecule has 0 unspecified atom stereocenters. The molecule has 3 heteroatoms. The Morgan fingerprint density at radius 1 is 1.10 bits per heavy atom. The van der Waals surface area contributed by atoms with Crippen molar-refractivity contribution in [2.75, 3.05) is 0 Å². The Labute approximate surface area is 116 Å². The Kier molecular flexibility index (Phi) is 2.95. The van der Waals surface area contributed by atoms with Gasteiger partial charge in [0.1, 0.15) is 6.33 Å². The topological polar surface area (TPSA) is 34.9 Å². The third-order valence-corrected chi connectivity index (χ3v) is 3.29. The van der Waals surface area contributed by atoms with Crippen molar-refractivity contribution in [2.45, 2.75) is 6.92 Å². The smallest absolute Gasteiger partial charge is 0.265 e. The van der Waals surface area contributed by atoms with Gasteiger partial charge in [-0.05, 0) is 30.7 Å². The molecule has 0 aliphatic heterocycles. The molecule has 98 valence electrons. The lowest BCUT2D eigenvalue weighted by atomic mass is 10.1. The van der Waals surface area contributed by atoms with Crippen molar-refractivity contribution in [1.82, 2.24) is 9.55 Å². The van der Waals surface area contributed by atoms with Gasteiger partial charge in [0.25, 0.3) is 5.56 Å². The Balaban J connectivity index is 2.34. The fourth-order valence-electron chi connectivity index (χ4n) is 2.29. The minimum absolute atomic E-state index is 0.0655. The van der Waals surface area contributed by atoms with Crippen molar-refractivity contribution in [3.8, 4) is 5.69 Å². The van der Waals surface area contributed by atoms with Crippen molar-refractivity contribution >= 4 is 16.5 Å². The van der Waals surface area contributed by atoms with E-state index >= 15 is 0 Å². The van der Waals surface area contributed by atoms with Crippen molar-refractivity contribution in [3.05, 3.63) is 77.4 Å². The van der Waals surface area contributed by atoms with Gasteiger partial charge in [-0.2, -0.15) is 0 Å². The molecule has 3 rings (SSSR count). The van der Waals surface area contributed by atoms with Crippen LogP contribution in [0.25, 0.3) is 22.2 Å². The first kappa shape index (κ1) is 12.4. The molecular weight excluding hydrogens is 248 g/mol. The van der Waals surface area contributed by atoms with Crippen molar-refractivity contribution in [3.63, 3.8) is 0 Å². The van der Waals surface area contributed by atoms with Crippen LogP contribution in [0.5, 0.6) is 0 Å². The predicted octanol–water partition coefficient (Wildman–Crippen LogP) is 3.42. The Morgan fingerprint density at radius 3 is 2.60 bits per heavy atom. The number of allylic oxidation sites excluding steroid dienone is 1. The van der Waals surface area contributed by atoms with Gasteiger partial charge in [0, 0.05) is 5.56 Å². The van der Waals surface area contributed by atoms with Crippen LogP contribution in [-0.4, -0.2) is 9.55 Å². The fourth-order valence-corrected chi connectivity index (χ4v) is 2.29. The van der Waals surface area contributed by atoms with Gasteiger partial charge in [0.15, 0.2) is 0 Å². The molecule has 0 aliphatic carbocycles. The summed E-state index contributed by atoms with van der Waals surface area (Å²) in [7, 11) is 0. The number of rotatable bonds is 2. The van der Waals surface area contributed by atoms with Crippen LogP contribution in [0.15, 0.2) is 66.2 Å². The van der Waals surface area contributed by atoms with Gasteiger partial charge in [-0.15, -0.1) is 0 Å². The molecule has 0 amide bonds. The van der Waals surface area contributed by atoms with Crippen LogP contribution in [0, 0.1) is 0 Å². The quantitative estimate of drug-likeness (QED) is 0.709. The highest BCUT2D eigenvalue weighted by atomic mass is 16.1. The fraction of sp³-hybridized carbons (Fsp3) is 0.0588. The maximum Gasteiger partial charge on any atom is 0.265 e. The Bertz CT molecular complexity index is 862. The SMILES string of the molecule is C=C(C)c1ccccc1-n1cnc2ccccc2c1=O. The predicted molar refractivity (Wildman–Crippen MR) is 82.0 cm³/mol. The molecule has 0 saturated heterocycles. The van der Waals surface area contributed by atoms with Gasteiger partial charge < -0.3 is 0 Å². The highest BCUT2D eigenvalue weighted by Crippen LogP contribution is 2.20. The lowest BCUT2D eigenvalue weighted by Crippen LogP contribution is -2.19. The minimum atomic E-state index is -0.0655. The van der Waals surface area contributed by atoms with Gasteiger partial charge in [-0.1, -0.05) is 36.9 Å². The van der Waals surface area contributed by atoms with Gasteiger partial charge in [-0.25, -0.2) is 4.98 Å². The summed E-state index contributed by atoms with van der Waals surface area (Å²) in [5.41, 5.74) is 3.32. The lowest BCUT2D eigenvalue weighted by molar-refractivity contribution is 0.959. The molecule has 0 atom stereocenters. The number of para-hydroxylation sites is 2. The summed E-state index contributed by atoms with van der Waals surface area (Å²) in [6.45, 7) is 5.90. The standard InChI is InChI=1S/C17H14N2O/c1-12(2)13-7-4-6-10-16(13)19-11-18-15-9-5-3-8-14(15)17(19)20/h3-11H,1H2,2H3. The molecule has 3 nitrogen and oxygen atoms in total. The third kappa shape index (κ3) is 1.93. The van der Waals surface area contributed by atoms with E-state index in [0.717, 1.165) is 16.8 Å². The summed E-state index contributed by atoms with van der Waals surface area (Å²) in [6.07, 6.45) is 1.58. The van der Waals surface area contributed by atoms with E-state index in [0.29, 0.717) is 10.9 Å². The van der Waals surface area contributed by atoms with E-state index in [-0.39, 0.29) is 5.56 Å². The molecule has 0 saturated carbocycles. The van der Waals surface area contributed by atoms with Crippen LogP contribution in [0.2, 0.25) is 0 Å². The number of fused-ring (bicyclic) bond motifs is 1. The van der Waals surface area contributed by atoms with Gasteiger partial charge in [-0.3, -0.25) is 9.36 Å². The van der Waals surface area contributed by atoms with E-state index in [2.05, 4.69) is 11.6 Å². The maximum absolute atomic E-state index is 12.6. The van der Waals surface area contributed by atoms with Crippen LogP contribution in [0.3, 0.4) is 0 Å². The number of aromatic nitrogens is 2. The van der Waals surface area contributed by atoms with Gasteiger partial charge in [0.05, 0.1) is 16.6 Å². The van der Waals surface area contributed by atoms with Crippen LogP contribution in [0.4, 0.5) is 0 Å². The normalized spacial score (nSPS) is 10.7. The zero-order chi connectivity index (χ0) is 14.1. The highest BCUT2D eigenvalue weighted by Gasteiger charge is 2.09. The number of hydrogen-bond acceptors (Lipinski definition) is 2. The van der Waals surface area contributed by atoms with Gasteiger partial charge in [0.2, 0.25) is 0 Å². The summed E-state index contributed by atoms with van der Waals surface area (Å²) in [6, 6.07) is 15.1. The average molecular weight is 262 g/mol. The van der Waals surface area contributed by atoms with Crippen molar-refractivity contribution in [2.24, 2.45) is 0 Å². The lowest BCUT2D eigenvalue weighted by Gasteiger charge is -2.11. The van der Waals surface area contributed by atoms with Crippen LogP contribution >= 0.6 is 0 Å². The second-order valence-electron chi connectivity index (χ2n) is 4.73. The van der Waals surface area contributed by atoms with E-state index in [1.54, 1.807) is 17.0 Å². The summed E-state index contributed by atoms with van der Waals surface area (Å²) < 4.78 is 1.58. The first-order valence-corrected chi connectivity index (χ1v) is 6.40.